The van der Waals surface area contributed by atoms with Crippen molar-refractivity contribution in [1.82, 2.24) is 76.3 Å². The van der Waals surface area contributed by atoms with Gasteiger partial charge in [-0.2, -0.15) is 44.9 Å². The van der Waals surface area contributed by atoms with E-state index in [9.17, 15) is 0 Å². The molecule has 0 radical (unpaired) electrons. The summed E-state index contributed by atoms with van der Waals surface area (Å²) in [6.45, 7) is 54.5. The number of nitrogens with zero attached hydrogens (tertiary/aromatic N) is 16. The molecule has 0 amide bonds. The molecule has 3 aromatic heterocycles. The van der Waals surface area contributed by atoms with Crippen LogP contribution in [0.3, 0.4) is 0 Å². The number of aryl methyl sites for hydroxylation is 1. The smallest absolute Gasteiger partial charge is 0.231 e. The summed E-state index contributed by atoms with van der Waals surface area (Å²) in [4.78, 5) is 60.7. The Balaban J connectivity index is 0.000000282. The highest BCUT2D eigenvalue weighted by Gasteiger charge is 2.45. The number of hydrogen-bond donors (Lipinski definition) is 7. The highest BCUT2D eigenvalue weighted by molar-refractivity contribution is 5.48. The lowest BCUT2D eigenvalue weighted by molar-refractivity contribution is 0.159. The molecule has 0 aromatic carbocycles. The van der Waals surface area contributed by atoms with Crippen LogP contribution in [0.4, 0.5) is 47.6 Å². The normalized spacial score (nSPS) is 23.0. The monoisotopic (exact) mass is 1310 g/mol. The number of piperidine rings is 5. The zero-order chi connectivity index (χ0) is 70.2. The summed E-state index contributed by atoms with van der Waals surface area (Å²) in [5.41, 5.74) is 0.253. The van der Waals surface area contributed by atoms with Crippen molar-refractivity contribution >= 4 is 47.6 Å². The first-order valence-electron chi connectivity index (χ1n) is 35.8. The number of rotatable bonds is 23. The topological polar surface area (TPSA) is 223 Å². The van der Waals surface area contributed by atoms with Crippen LogP contribution in [0.2, 0.25) is 0 Å². The van der Waals surface area contributed by atoms with E-state index in [-0.39, 0.29) is 67.5 Å². The van der Waals surface area contributed by atoms with Crippen molar-refractivity contribution in [2.45, 2.75) is 321 Å². The molecule has 5 saturated heterocycles. The summed E-state index contributed by atoms with van der Waals surface area (Å²) in [5.74, 6) is 6.35. The number of hydrogen-bond acceptors (Lipinski definition) is 23. The second-order valence-electron chi connectivity index (χ2n) is 36.1. The summed E-state index contributed by atoms with van der Waals surface area (Å²) in [6.07, 6.45) is 13.2. The fourth-order valence-electron chi connectivity index (χ4n) is 17.5. The predicted molar refractivity (Wildman–Crippen MR) is 395 cm³/mol. The SMILES string of the molecule is CCCN(C)CCCNc1nc(N(C)C2CC(C)(C)NC(C)(C)C2)nc(N(C)C2CC(C)(C)NC(C)(C)C2)n1.Cc1nc(N(C)CCCNc2nc(N(C)C3CC(C)(C)NC(C)(C)C3)nc(N(C)C3CC(C)(C)NC(C)(C)C3)n2)nc(N(C)C2CC(C)(C)NC(C)(C)C2)n1. The molecule has 0 bridgehead atoms. The molecular weight excluding hydrogens is 1170 g/mol. The van der Waals surface area contributed by atoms with E-state index in [0.29, 0.717) is 54.4 Å². The molecule has 8 rings (SSSR count). The second kappa shape index (κ2) is 28.9. The van der Waals surface area contributed by atoms with Gasteiger partial charge >= 0.3 is 0 Å². The van der Waals surface area contributed by atoms with Gasteiger partial charge in [-0.25, -0.2) is 0 Å². The summed E-state index contributed by atoms with van der Waals surface area (Å²) in [5, 5.41) is 26.2. The number of aromatic nitrogens is 9. The Morgan fingerprint density at radius 3 is 0.798 bits per heavy atom. The molecular formula is C71H135N23. The summed E-state index contributed by atoms with van der Waals surface area (Å²) >= 11 is 0. The van der Waals surface area contributed by atoms with Crippen LogP contribution in [-0.2, 0) is 0 Å². The molecule has 23 heteroatoms. The highest BCUT2D eigenvalue weighted by atomic mass is 15.4. The molecule has 94 heavy (non-hydrogen) atoms. The Hall–Kier alpha value is -4.81. The van der Waals surface area contributed by atoms with Gasteiger partial charge in [-0.15, -0.1) is 0 Å². The highest BCUT2D eigenvalue weighted by Crippen LogP contribution is 2.39. The summed E-state index contributed by atoms with van der Waals surface area (Å²) in [6, 6.07) is 1.56. The van der Waals surface area contributed by atoms with Crippen LogP contribution >= 0.6 is 0 Å². The quantitative estimate of drug-likeness (QED) is 0.0439. The lowest BCUT2D eigenvalue weighted by Crippen LogP contribution is -2.62. The Morgan fingerprint density at radius 2 is 0.543 bits per heavy atom. The van der Waals surface area contributed by atoms with Crippen molar-refractivity contribution in [3.63, 3.8) is 0 Å². The van der Waals surface area contributed by atoms with Crippen molar-refractivity contribution in [3.05, 3.63) is 5.82 Å². The van der Waals surface area contributed by atoms with Crippen LogP contribution in [-0.4, -0.2) is 217 Å². The first-order chi connectivity index (χ1) is 43.0. The van der Waals surface area contributed by atoms with Crippen molar-refractivity contribution in [3.8, 4) is 0 Å². The van der Waals surface area contributed by atoms with E-state index in [1.165, 1.54) is 6.42 Å². The zero-order valence-electron chi connectivity index (χ0n) is 64.8. The van der Waals surface area contributed by atoms with Crippen LogP contribution in [0.1, 0.15) is 235 Å². The van der Waals surface area contributed by atoms with E-state index in [2.05, 4.69) is 266 Å². The molecule has 0 atom stereocenters. The van der Waals surface area contributed by atoms with Gasteiger partial charge in [0.15, 0.2) is 0 Å². The minimum absolute atomic E-state index is 0.00113. The van der Waals surface area contributed by atoms with E-state index in [0.717, 1.165) is 127 Å². The van der Waals surface area contributed by atoms with Crippen LogP contribution in [0.15, 0.2) is 0 Å². The van der Waals surface area contributed by atoms with Gasteiger partial charge in [0.2, 0.25) is 47.6 Å². The maximum absolute atomic E-state index is 5.16. The van der Waals surface area contributed by atoms with Crippen LogP contribution in [0, 0.1) is 6.92 Å². The molecule has 534 valence electrons. The molecule has 5 aliphatic rings. The van der Waals surface area contributed by atoms with Crippen molar-refractivity contribution in [2.75, 3.05) is 122 Å². The average molecular weight is 1310 g/mol. The molecule has 0 unspecified atom stereocenters. The standard InChI is InChI=1S/C41H76N14.C30H59N9/c1-27-43-32(47-33(44-27)53(15)28-21-36(2,3)49-37(4,5)22-28)52(14)20-18-19-42-31-45-34(54(16)29-23-38(6,7)50-39(8,9)24-29)48-35(46-31)55(17)30-25-40(10,11)51-41(12,13)26-30;1-13-16-37(10)17-14-15-31-24-32-25(38(11)22-18-27(2,3)35-28(4,5)19-22)34-26(33-24)39(12)23-20-29(6,7)36-30(8,9)21-23/h28-30,49-51H,18-26H2,1-17H3,(H,42,45,46,48);22-23,35-36H,13-21H2,1-12H3,(H,31,32,33,34). The Morgan fingerprint density at radius 1 is 0.319 bits per heavy atom. The Labute approximate surface area is 570 Å². The van der Waals surface area contributed by atoms with Gasteiger partial charge in [0, 0.05) is 148 Å². The second-order valence-corrected chi connectivity index (χ2v) is 36.1. The summed E-state index contributed by atoms with van der Waals surface area (Å²) in [7, 11) is 15.0. The average Bonchev–Trinajstić information content (AvgIpc) is 0.786. The largest absolute Gasteiger partial charge is 0.354 e. The minimum Gasteiger partial charge on any atom is -0.354 e. The third-order valence-corrected chi connectivity index (χ3v) is 20.0. The number of nitrogens with one attached hydrogen (secondary N) is 7. The van der Waals surface area contributed by atoms with E-state index < -0.39 is 0 Å². The fraction of sp³-hybridized carbons (Fsp3) is 0.873. The Kier molecular flexibility index (Phi) is 23.6. The molecule has 5 fully saturated rings. The van der Waals surface area contributed by atoms with Gasteiger partial charge in [0.1, 0.15) is 5.82 Å². The molecule has 7 N–H and O–H groups in total. The zero-order valence-corrected chi connectivity index (χ0v) is 64.8. The van der Waals surface area contributed by atoms with E-state index in [1.807, 2.05) is 6.92 Å². The molecule has 0 saturated carbocycles. The number of anilines is 8. The van der Waals surface area contributed by atoms with Gasteiger partial charge in [0.05, 0.1) is 0 Å². The van der Waals surface area contributed by atoms with Crippen molar-refractivity contribution in [1.29, 1.82) is 0 Å². The molecule has 23 nitrogen and oxygen atoms in total. The first-order valence-corrected chi connectivity index (χ1v) is 35.8. The maximum atomic E-state index is 5.16. The van der Waals surface area contributed by atoms with Gasteiger partial charge in [0.25, 0.3) is 0 Å². The Bertz CT molecular complexity index is 2750. The maximum Gasteiger partial charge on any atom is 0.231 e. The first kappa shape index (κ1) is 76.6. The molecule has 8 heterocycles. The third-order valence-electron chi connectivity index (χ3n) is 20.0. The van der Waals surface area contributed by atoms with Crippen LogP contribution < -0.4 is 66.6 Å². The predicted octanol–water partition coefficient (Wildman–Crippen LogP) is 10.0. The molecule has 3 aromatic rings. The van der Waals surface area contributed by atoms with Crippen LogP contribution in [0.5, 0.6) is 0 Å². The third kappa shape index (κ3) is 21.8. The van der Waals surface area contributed by atoms with Gasteiger partial charge < -0.3 is 71.5 Å². The lowest BCUT2D eigenvalue weighted by atomic mass is 9.79. The van der Waals surface area contributed by atoms with Crippen LogP contribution in [0.25, 0.3) is 0 Å². The van der Waals surface area contributed by atoms with Crippen molar-refractivity contribution in [2.24, 2.45) is 0 Å². The van der Waals surface area contributed by atoms with Crippen molar-refractivity contribution < 1.29 is 0 Å². The minimum atomic E-state index is 0.00113. The van der Waals surface area contributed by atoms with Gasteiger partial charge in [-0.05, 0) is 249 Å². The van der Waals surface area contributed by atoms with E-state index >= 15 is 0 Å². The molecule has 5 aliphatic heterocycles. The van der Waals surface area contributed by atoms with Gasteiger partial charge in [-0.3, -0.25) is 0 Å². The fourth-order valence-corrected chi connectivity index (χ4v) is 17.5. The molecule has 0 aliphatic carbocycles. The lowest BCUT2D eigenvalue weighted by Gasteiger charge is -2.49. The van der Waals surface area contributed by atoms with E-state index in [4.69, 9.17) is 44.9 Å². The summed E-state index contributed by atoms with van der Waals surface area (Å²) < 4.78 is 0. The van der Waals surface area contributed by atoms with Gasteiger partial charge in [-0.1, -0.05) is 6.92 Å². The van der Waals surface area contributed by atoms with E-state index in [1.54, 1.807) is 0 Å². The molecule has 0 spiro atoms.